The Kier molecular flexibility index (Phi) is 7.78. The summed E-state index contributed by atoms with van der Waals surface area (Å²) in [7, 11) is 0. The van der Waals surface area contributed by atoms with Gasteiger partial charge in [0, 0.05) is 32.1 Å². The van der Waals surface area contributed by atoms with E-state index in [0.717, 1.165) is 5.56 Å². The highest BCUT2D eigenvalue weighted by Crippen LogP contribution is 2.17. The Morgan fingerprint density at radius 1 is 1.12 bits per heavy atom. The molecule has 2 atom stereocenters. The smallest absolute Gasteiger partial charge is 0.410 e. The zero-order chi connectivity index (χ0) is 24.0. The van der Waals surface area contributed by atoms with Crippen LogP contribution in [0.4, 0.5) is 9.59 Å². The minimum absolute atomic E-state index is 0.0157. The SMILES string of the molecule is CC(C)(C)OC(=O)N1CCN(C(=O)OCc2ccccc2)[C@@H](C(=O)NC[C@@H]2CCC(=O)N2)C1. The fraction of sp³-hybridized carbons (Fsp3) is 0.565. The number of piperazine rings is 1. The van der Waals surface area contributed by atoms with Crippen LogP contribution in [0.3, 0.4) is 0 Å². The van der Waals surface area contributed by atoms with Crippen LogP contribution in [0.25, 0.3) is 0 Å². The van der Waals surface area contributed by atoms with Crippen LogP contribution >= 0.6 is 0 Å². The van der Waals surface area contributed by atoms with Crippen molar-refractivity contribution in [3.63, 3.8) is 0 Å². The van der Waals surface area contributed by atoms with Crippen LogP contribution in [0.1, 0.15) is 39.2 Å². The van der Waals surface area contributed by atoms with Crippen LogP contribution in [0.2, 0.25) is 0 Å². The van der Waals surface area contributed by atoms with Gasteiger partial charge in [-0.15, -0.1) is 0 Å². The molecule has 0 aromatic heterocycles. The zero-order valence-electron chi connectivity index (χ0n) is 19.3. The average Bonchev–Trinajstić information content (AvgIpc) is 3.20. The molecule has 2 heterocycles. The number of hydrogen-bond acceptors (Lipinski definition) is 6. The quantitative estimate of drug-likeness (QED) is 0.690. The van der Waals surface area contributed by atoms with Gasteiger partial charge in [0.15, 0.2) is 0 Å². The van der Waals surface area contributed by atoms with Gasteiger partial charge in [-0.05, 0) is 32.8 Å². The van der Waals surface area contributed by atoms with E-state index in [2.05, 4.69) is 10.6 Å². The summed E-state index contributed by atoms with van der Waals surface area (Å²) in [5.41, 5.74) is 0.151. The van der Waals surface area contributed by atoms with E-state index in [1.165, 1.54) is 9.80 Å². The Labute approximate surface area is 193 Å². The molecule has 2 aliphatic rings. The van der Waals surface area contributed by atoms with Crippen LogP contribution in [-0.2, 0) is 25.7 Å². The lowest BCUT2D eigenvalue weighted by Crippen LogP contribution is -2.62. The highest BCUT2D eigenvalue weighted by molar-refractivity contribution is 5.87. The maximum absolute atomic E-state index is 13.0. The van der Waals surface area contributed by atoms with Crippen LogP contribution in [0.15, 0.2) is 30.3 Å². The molecule has 180 valence electrons. The molecule has 4 amide bonds. The first-order valence-corrected chi connectivity index (χ1v) is 11.1. The number of amides is 4. The third-order valence-corrected chi connectivity index (χ3v) is 5.38. The van der Waals surface area contributed by atoms with Gasteiger partial charge >= 0.3 is 12.2 Å². The number of carbonyl (C=O) groups is 4. The number of rotatable bonds is 5. The zero-order valence-corrected chi connectivity index (χ0v) is 19.3. The van der Waals surface area contributed by atoms with Gasteiger partial charge in [-0.1, -0.05) is 30.3 Å². The summed E-state index contributed by atoms with van der Waals surface area (Å²) in [6.45, 7) is 5.96. The molecule has 0 aliphatic carbocycles. The molecule has 2 aliphatic heterocycles. The van der Waals surface area contributed by atoms with Crippen LogP contribution in [-0.4, -0.2) is 77.7 Å². The lowest BCUT2D eigenvalue weighted by atomic mass is 10.1. The second-order valence-electron chi connectivity index (χ2n) is 9.22. The van der Waals surface area contributed by atoms with Crippen LogP contribution < -0.4 is 10.6 Å². The van der Waals surface area contributed by atoms with Crippen molar-refractivity contribution in [2.45, 2.75) is 57.9 Å². The minimum atomic E-state index is -0.938. The molecule has 10 nitrogen and oxygen atoms in total. The van der Waals surface area contributed by atoms with E-state index in [1.807, 2.05) is 30.3 Å². The molecule has 2 fully saturated rings. The Bertz CT molecular complexity index is 869. The molecule has 1 aromatic rings. The molecule has 3 rings (SSSR count). The molecule has 0 unspecified atom stereocenters. The maximum Gasteiger partial charge on any atom is 0.410 e. The van der Waals surface area contributed by atoms with Crippen molar-refractivity contribution in [2.24, 2.45) is 0 Å². The van der Waals surface area contributed by atoms with Crippen molar-refractivity contribution in [2.75, 3.05) is 26.2 Å². The van der Waals surface area contributed by atoms with Crippen molar-refractivity contribution in [3.8, 4) is 0 Å². The largest absolute Gasteiger partial charge is 0.445 e. The Morgan fingerprint density at radius 2 is 1.85 bits per heavy atom. The number of nitrogens with zero attached hydrogens (tertiary/aromatic N) is 2. The van der Waals surface area contributed by atoms with Gasteiger partial charge in [0.2, 0.25) is 11.8 Å². The van der Waals surface area contributed by atoms with Gasteiger partial charge < -0.3 is 25.0 Å². The standard InChI is InChI=1S/C23H32N4O6/c1-23(2,3)33-21(30)26-11-12-27(22(31)32-15-16-7-5-4-6-8-16)18(14-26)20(29)24-13-17-9-10-19(28)25-17/h4-8,17-18H,9-15H2,1-3H3,(H,24,29)(H,25,28)/t17-,18+/m0/s1. The molecule has 2 saturated heterocycles. The van der Waals surface area contributed by atoms with Crippen molar-refractivity contribution < 1.29 is 28.7 Å². The molecule has 0 spiro atoms. The molecule has 0 radical (unpaired) electrons. The predicted octanol–water partition coefficient (Wildman–Crippen LogP) is 1.64. The molecular weight excluding hydrogens is 428 g/mol. The second-order valence-corrected chi connectivity index (χ2v) is 9.22. The first-order valence-electron chi connectivity index (χ1n) is 11.1. The molecule has 33 heavy (non-hydrogen) atoms. The molecule has 2 N–H and O–H groups in total. The van der Waals surface area contributed by atoms with Crippen LogP contribution in [0.5, 0.6) is 0 Å². The average molecular weight is 461 g/mol. The third-order valence-electron chi connectivity index (χ3n) is 5.38. The van der Waals surface area contributed by atoms with Crippen LogP contribution in [0, 0.1) is 0 Å². The Morgan fingerprint density at radius 3 is 2.48 bits per heavy atom. The fourth-order valence-corrected chi connectivity index (χ4v) is 3.69. The van der Waals surface area contributed by atoms with E-state index < -0.39 is 29.7 Å². The topological polar surface area (TPSA) is 117 Å². The Balaban J connectivity index is 1.65. The van der Waals surface area contributed by atoms with Crippen molar-refractivity contribution in [1.29, 1.82) is 0 Å². The van der Waals surface area contributed by atoms with E-state index in [4.69, 9.17) is 9.47 Å². The monoisotopic (exact) mass is 460 g/mol. The normalized spacial score (nSPS) is 20.8. The van der Waals surface area contributed by atoms with E-state index >= 15 is 0 Å². The second kappa shape index (κ2) is 10.5. The number of benzene rings is 1. The van der Waals surface area contributed by atoms with Gasteiger partial charge in [0.25, 0.3) is 0 Å². The number of ether oxygens (including phenoxy) is 2. The summed E-state index contributed by atoms with van der Waals surface area (Å²) in [4.78, 5) is 52.6. The summed E-state index contributed by atoms with van der Waals surface area (Å²) >= 11 is 0. The summed E-state index contributed by atoms with van der Waals surface area (Å²) in [5, 5.41) is 5.59. The maximum atomic E-state index is 13.0. The summed E-state index contributed by atoms with van der Waals surface area (Å²) in [6.07, 6.45) is -0.108. The summed E-state index contributed by atoms with van der Waals surface area (Å²) in [6, 6.07) is 8.16. The van der Waals surface area contributed by atoms with E-state index in [9.17, 15) is 19.2 Å². The van der Waals surface area contributed by atoms with Gasteiger partial charge in [-0.3, -0.25) is 14.5 Å². The first-order chi connectivity index (χ1) is 15.6. The van der Waals surface area contributed by atoms with Gasteiger partial charge in [0.1, 0.15) is 18.2 Å². The number of carbonyl (C=O) groups excluding carboxylic acids is 4. The third kappa shape index (κ3) is 7.10. The lowest BCUT2D eigenvalue weighted by molar-refractivity contribution is -0.128. The molecular formula is C23H32N4O6. The lowest BCUT2D eigenvalue weighted by Gasteiger charge is -2.40. The van der Waals surface area contributed by atoms with Crippen molar-refractivity contribution in [1.82, 2.24) is 20.4 Å². The van der Waals surface area contributed by atoms with E-state index in [-0.39, 0.29) is 44.7 Å². The minimum Gasteiger partial charge on any atom is -0.445 e. The van der Waals surface area contributed by atoms with Gasteiger partial charge in [0.05, 0.1) is 6.54 Å². The first kappa shape index (κ1) is 24.3. The predicted molar refractivity (Wildman–Crippen MR) is 119 cm³/mol. The van der Waals surface area contributed by atoms with Gasteiger partial charge in [-0.2, -0.15) is 0 Å². The highest BCUT2D eigenvalue weighted by atomic mass is 16.6. The van der Waals surface area contributed by atoms with Crippen molar-refractivity contribution in [3.05, 3.63) is 35.9 Å². The van der Waals surface area contributed by atoms with Crippen molar-refractivity contribution >= 4 is 24.0 Å². The summed E-state index contributed by atoms with van der Waals surface area (Å²) < 4.78 is 10.9. The molecule has 1 aromatic carbocycles. The Hall–Kier alpha value is -3.30. The molecule has 0 saturated carbocycles. The fourth-order valence-electron chi connectivity index (χ4n) is 3.69. The highest BCUT2D eigenvalue weighted by Gasteiger charge is 2.39. The van der Waals surface area contributed by atoms with Gasteiger partial charge in [-0.25, -0.2) is 9.59 Å². The van der Waals surface area contributed by atoms with E-state index in [0.29, 0.717) is 12.8 Å². The number of hydrogen-bond donors (Lipinski definition) is 2. The molecule has 0 bridgehead atoms. The number of nitrogens with one attached hydrogen (secondary N) is 2. The summed E-state index contributed by atoms with van der Waals surface area (Å²) in [5.74, 6) is -0.463. The van der Waals surface area contributed by atoms with E-state index in [1.54, 1.807) is 20.8 Å². The molecule has 10 heteroatoms.